The standard InChI is InChI=1S/C35H48N3O3P/c1-30(2)38(31(3)4)42(41-29-19-26-36)40-28-18-7-6-17-27-37(39-5)35(32-20-11-8-12-21-32,33-22-13-9-14-23-33)34-24-15-10-16-25-34/h8-16,20-25,30-31H,6-7,17-19,27-29H2,1-5H3. The van der Waals surface area contributed by atoms with E-state index in [-0.39, 0.29) is 0 Å². The molecule has 0 radical (unpaired) electrons. The normalized spacial score (nSPS) is 12.8. The van der Waals surface area contributed by atoms with Gasteiger partial charge in [-0.25, -0.2) is 4.67 Å². The summed E-state index contributed by atoms with van der Waals surface area (Å²) in [6.45, 7) is 10.5. The van der Waals surface area contributed by atoms with E-state index in [0.717, 1.165) is 32.2 Å². The third-order valence-corrected chi connectivity index (χ3v) is 9.40. The summed E-state index contributed by atoms with van der Waals surface area (Å²) in [6.07, 6.45) is 4.43. The van der Waals surface area contributed by atoms with Gasteiger partial charge in [0.2, 0.25) is 0 Å². The van der Waals surface area contributed by atoms with Crippen molar-refractivity contribution in [3.63, 3.8) is 0 Å². The van der Waals surface area contributed by atoms with Crippen LogP contribution in [0.4, 0.5) is 0 Å². The first-order valence-electron chi connectivity index (χ1n) is 15.2. The van der Waals surface area contributed by atoms with Gasteiger partial charge in [-0.3, -0.25) is 0 Å². The molecule has 3 aromatic carbocycles. The van der Waals surface area contributed by atoms with Crippen molar-refractivity contribution in [2.75, 3.05) is 26.9 Å². The monoisotopic (exact) mass is 589 g/mol. The Balaban J connectivity index is 1.68. The van der Waals surface area contributed by atoms with E-state index in [1.54, 1.807) is 7.11 Å². The Morgan fingerprint density at radius 1 is 0.690 bits per heavy atom. The van der Waals surface area contributed by atoms with E-state index in [4.69, 9.17) is 19.1 Å². The van der Waals surface area contributed by atoms with Crippen molar-refractivity contribution in [2.45, 2.75) is 77.4 Å². The van der Waals surface area contributed by atoms with Crippen molar-refractivity contribution >= 4 is 8.53 Å². The highest BCUT2D eigenvalue weighted by atomic mass is 31.2. The molecule has 3 aromatic rings. The van der Waals surface area contributed by atoms with Gasteiger partial charge < -0.3 is 13.9 Å². The van der Waals surface area contributed by atoms with E-state index in [9.17, 15) is 0 Å². The smallest absolute Gasteiger partial charge is 0.259 e. The number of nitrogens with zero attached hydrogens (tertiary/aromatic N) is 3. The molecule has 0 fully saturated rings. The number of benzene rings is 3. The Hall–Kier alpha value is -2.62. The second-order valence-electron chi connectivity index (χ2n) is 10.9. The van der Waals surface area contributed by atoms with E-state index in [1.165, 1.54) is 16.7 Å². The Morgan fingerprint density at radius 2 is 1.14 bits per heavy atom. The lowest BCUT2D eigenvalue weighted by Gasteiger charge is -2.44. The van der Waals surface area contributed by atoms with Gasteiger partial charge in [0.1, 0.15) is 5.54 Å². The van der Waals surface area contributed by atoms with Crippen LogP contribution in [0.1, 0.15) is 76.5 Å². The van der Waals surface area contributed by atoms with Gasteiger partial charge in [0.05, 0.1) is 32.8 Å². The Morgan fingerprint density at radius 3 is 1.57 bits per heavy atom. The first-order chi connectivity index (χ1) is 20.5. The fourth-order valence-electron chi connectivity index (χ4n) is 5.53. The molecule has 0 saturated heterocycles. The van der Waals surface area contributed by atoms with Gasteiger partial charge in [0.25, 0.3) is 8.53 Å². The predicted molar refractivity (Wildman–Crippen MR) is 173 cm³/mol. The number of rotatable bonds is 19. The summed E-state index contributed by atoms with van der Waals surface area (Å²) in [7, 11) is 0.588. The van der Waals surface area contributed by atoms with Crippen molar-refractivity contribution < 1.29 is 13.9 Å². The molecule has 0 amide bonds. The molecule has 0 spiro atoms. The average Bonchev–Trinajstić information content (AvgIpc) is 3.01. The molecule has 0 aliphatic carbocycles. The molecule has 0 heterocycles. The fourth-order valence-corrected chi connectivity index (χ4v) is 7.16. The average molecular weight is 590 g/mol. The van der Waals surface area contributed by atoms with Crippen molar-refractivity contribution in [1.82, 2.24) is 9.73 Å². The van der Waals surface area contributed by atoms with E-state index < -0.39 is 14.1 Å². The van der Waals surface area contributed by atoms with Gasteiger partial charge in [-0.05, 0) is 57.2 Å². The summed E-state index contributed by atoms with van der Waals surface area (Å²) in [6, 6.07) is 34.7. The van der Waals surface area contributed by atoms with Gasteiger partial charge in [-0.15, -0.1) is 0 Å². The highest BCUT2D eigenvalue weighted by molar-refractivity contribution is 7.44. The zero-order chi connectivity index (χ0) is 30.2. The van der Waals surface area contributed by atoms with Gasteiger partial charge >= 0.3 is 0 Å². The molecular formula is C35H48N3O3P. The predicted octanol–water partition coefficient (Wildman–Crippen LogP) is 8.69. The Labute approximate surface area is 255 Å². The number of hydrogen-bond acceptors (Lipinski definition) is 6. The van der Waals surface area contributed by atoms with E-state index in [1.807, 2.05) is 0 Å². The summed E-state index contributed by atoms with van der Waals surface area (Å²) in [5.41, 5.74) is 2.92. The number of unbranched alkanes of at least 4 members (excludes halogenated alkanes) is 3. The van der Waals surface area contributed by atoms with Crippen LogP contribution in [0.3, 0.4) is 0 Å². The third kappa shape index (κ3) is 8.94. The second-order valence-corrected chi connectivity index (χ2v) is 12.3. The maximum absolute atomic E-state index is 8.94. The molecule has 226 valence electrons. The molecular weight excluding hydrogens is 541 g/mol. The first kappa shape index (κ1) is 33.9. The molecule has 1 unspecified atom stereocenters. The molecule has 0 saturated carbocycles. The van der Waals surface area contributed by atoms with Gasteiger partial charge in [-0.1, -0.05) is 104 Å². The van der Waals surface area contributed by atoms with E-state index in [2.05, 4.69) is 134 Å². The zero-order valence-electron chi connectivity index (χ0n) is 26.0. The van der Waals surface area contributed by atoms with Gasteiger partial charge in [-0.2, -0.15) is 10.3 Å². The van der Waals surface area contributed by atoms with Crippen LogP contribution >= 0.6 is 8.53 Å². The molecule has 6 nitrogen and oxygen atoms in total. The summed E-state index contributed by atoms with van der Waals surface area (Å²) in [4.78, 5) is 6.22. The van der Waals surface area contributed by atoms with Crippen molar-refractivity contribution in [1.29, 1.82) is 5.26 Å². The number of nitriles is 1. The molecule has 1 atom stereocenters. The minimum Gasteiger partial charge on any atom is -0.322 e. The van der Waals surface area contributed by atoms with Crippen LogP contribution in [0.25, 0.3) is 0 Å². The molecule has 3 rings (SSSR count). The largest absolute Gasteiger partial charge is 0.322 e. The lowest BCUT2D eigenvalue weighted by Crippen LogP contribution is -2.48. The quantitative estimate of drug-likeness (QED) is 0.0603. The molecule has 7 heteroatoms. The molecule has 0 aromatic heterocycles. The van der Waals surface area contributed by atoms with Crippen LogP contribution in [0.5, 0.6) is 0 Å². The maximum atomic E-state index is 8.94. The summed E-state index contributed by atoms with van der Waals surface area (Å²) in [5, 5.41) is 11.1. The van der Waals surface area contributed by atoms with Crippen molar-refractivity contribution in [3.05, 3.63) is 108 Å². The second kappa shape index (κ2) is 18.1. The number of hydroxylamine groups is 2. The third-order valence-electron chi connectivity index (χ3n) is 7.29. The van der Waals surface area contributed by atoms with Crippen LogP contribution < -0.4 is 0 Å². The molecule has 0 bridgehead atoms. The highest BCUT2D eigenvalue weighted by Gasteiger charge is 2.42. The van der Waals surface area contributed by atoms with E-state index >= 15 is 0 Å². The van der Waals surface area contributed by atoms with Crippen LogP contribution in [0, 0.1) is 11.3 Å². The van der Waals surface area contributed by atoms with E-state index in [0.29, 0.717) is 31.7 Å². The lowest BCUT2D eigenvalue weighted by atomic mass is 9.76. The topological polar surface area (TPSA) is 58.0 Å². The molecule has 0 aliphatic heterocycles. The van der Waals surface area contributed by atoms with Gasteiger partial charge in [0.15, 0.2) is 0 Å². The first-order valence-corrected chi connectivity index (χ1v) is 16.3. The zero-order valence-corrected chi connectivity index (χ0v) is 26.9. The maximum Gasteiger partial charge on any atom is 0.259 e. The van der Waals surface area contributed by atoms with Crippen LogP contribution in [0.2, 0.25) is 0 Å². The lowest BCUT2D eigenvalue weighted by molar-refractivity contribution is -0.182. The molecule has 0 N–H and O–H groups in total. The Bertz CT molecular complexity index is 1070. The summed E-state index contributed by atoms with van der Waals surface area (Å²) in [5.74, 6) is 0. The summed E-state index contributed by atoms with van der Waals surface area (Å²) >= 11 is 0. The summed E-state index contributed by atoms with van der Waals surface area (Å²) < 4.78 is 14.6. The molecule has 42 heavy (non-hydrogen) atoms. The van der Waals surface area contributed by atoms with Crippen molar-refractivity contribution in [3.8, 4) is 6.07 Å². The van der Waals surface area contributed by atoms with Crippen LogP contribution in [0.15, 0.2) is 91.0 Å². The van der Waals surface area contributed by atoms with Crippen LogP contribution in [-0.2, 0) is 19.4 Å². The highest BCUT2D eigenvalue weighted by Crippen LogP contribution is 2.46. The fraction of sp³-hybridized carbons (Fsp3) is 0.457. The SMILES string of the molecule is CON(CCCCCCOP(OCCC#N)N(C(C)C)C(C)C)C(c1ccccc1)(c1ccccc1)c1ccccc1. The molecule has 0 aliphatic rings. The van der Waals surface area contributed by atoms with Gasteiger partial charge in [0, 0.05) is 18.6 Å². The minimum atomic E-state index is -1.19. The Kier molecular flexibility index (Phi) is 14.6. The minimum absolute atomic E-state index is 0.303. The number of hydrogen-bond donors (Lipinski definition) is 0. The van der Waals surface area contributed by atoms with Crippen molar-refractivity contribution in [2.24, 2.45) is 0 Å². The van der Waals surface area contributed by atoms with Crippen LogP contribution in [-0.4, -0.2) is 48.7 Å².